The molecule has 5 aliphatic rings. The summed E-state index contributed by atoms with van der Waals surface area (Å²) in [4.78, 5) is 17.7. The molecule has 0 spiro atoms. The molecule has 1 aromatic rings. The van der Waals surface area contributed by atoms with E-state index < -0.39 is 0 Å². The number of nitrogens with zero attached hydrogens (tertiary/aromatic N) is 3. The first-order valence-corrected chi connectivity index (χ1v) is 10.7. The van der Waals surface area contributed by atoms with E-state index in [1.54, 1.807) is 0 Å². The lowest BCUT2D eigenvalue weighted by atomic mass is 9.52. The predicted molar refractivity (Wildman–Crippen MR) is 101 cm³/mol. The highest BCUT2D eigenvalue weighted by molar-refractivity contribution is 5.94. The van der Waals surface area contributed by atoms with Crippen LogP contribution in [-0.2, 0) is 6.42 Å². The maximum absolute atomic E-state index is 12.9. The third-order valence-electron chi connectivity index (χ3n) is 7.91. The lowest BCUT2D eigenvalue weighted by Gasteiger charge is -2.61. The number of hydrogen-bond acceptors (Lipinski definition) is 3. The Hall–Kier alpha value is -1.36. The SMILES string of the molecule is CCc1[nH]nc(C(=O)N2CCN(C34CC5CC(CC(C5)C3)C4)CC2)c1C. The molecule has 4 bridgehead atoms. The predicted octanol–water partition coefficient (Wildman–Crippen LogP) is 3.01. The van der Waals surface area contributed by atoms with Gasteiger partial charge in [0.1, 0.15) is 0 Å². The monoisotopic (exact) mass is 356 g/mol. The highest BCUT2D eigenvalue weighted by Crippen LogP contribution is 2.57. The van der Waals surface area contributed by atoms with Crippen molar-refractivity contribution in [2.24, 2.45) is 17.8 Å². The fourth-order valence-electron chi connectivity index (χ4n) is 6.97. The third kappa shape index (κ3) is 2.54. The van der Waals surface area contributed by atoms with Crippen molar-refractivity contribution in [3.05, 3.63) is 17.0 Å². The van der Waals surface area contributed by atoms with Crippen molar-refractivity contribution in [3.8, 4) is 0 Å². The number of amides is 1. The lowest BCUT2D eigenvalue weighted by molar-refractivity contribution is -0.0987. The van der Waals surface area contributed by atoms with Crippen LogP contribution in [0.5, 0.6) is 0 Å². The Morgan fingerprint density at radius 3 is 2.15 bits per heavy atom. The molecule has 1 saturated heterocycles. The van der Waals surface area contributed by atoms with Crippen molar-refractivity contribution < 1.29 is 4.79 Å². The number of piperazine rings is 1. The first-order chi connectivity index (χ1) is 12.6. The van der Waals surface area contributed by atoms with Gasteiger partial charge in [0.2, 0.25) is 0 Å². The number of carbonyl (C=O) groups excluding carboxylic acids is 1. The number of nitrogens with one attached hydrogen (secondary N) is 1. The zero-order valence-electron chi connectivity index (χ0n) is 16.3. The van der Waals surface area contributed by atoms with Gasteiger partial charge in [0.05, 0.1) is 0 Å². The van der Waals surface area contributed by atoms with Gasteiger partial charge < -0.3 is 4.90 Å². The van der Waals surface area contributed by atoms with Crippen LogP contribution in [0.25, 0.3) is 0 Å². The molecule has 0 radical (unpaired) electrons. The second-order valence-corrected chi connectivity index (χ2v) is 9.45. The summed E-state index contributed by atoms with van der Waals surface area (Å²) in [5.41, 5.74) is 3.22. The average molecular weight is 357 g/mol. The molecule has 0 aromatic carbocycles. The molecule has 2 heterocycles. The van der Waals surface area contributed by atoms with E-state index in [0.717, 1.165) is 61.6 Å². The van der Waals surface area contributed by atoms with Gasteiger partial charge in [0, 0.05) is 43.0 Å². The van der Waals surface area contributed by atoms with Crippen LogP contribution in [0.2, 0.25) is 0 Å². The van der Waals surface area contributed by atoms with Gasteiger partial charge in [-0.25, -0.2) is 0 Å². The zero-order chi connectivity index (χ0) is 17.9. The van der Waals surface area contributed by atoms with Crippen LogP contribution >= 0.6 is 0 Å². The summed E-state index contributed by atoms with van der Waals surface area (Å²) in [6.07, 6.45) is 9.65. The Bertz CT molecular complexity index is 666. The molecule has 1 N–H and O–H groups in total. The molecule has 1 aliphatic heterocycles. The molecule has 6 rings (SSSR count). The van der Waals surface area contributed by atoms with Crippen LogP contribution in [0.1, 0.15) is 67.2 Å². The van der Waals surface area contributed by atoms with E-state index in [1.165, 1.54) is 38.5 Å². The number of aromatic nitrogens is 2. The molecular formula is C21H32N4O. The third-order valence-corrected chi connectivity index (χ3v) is 7.91. The van der Waals surface area contributed by atoms with Gasteiger partial charge in [0.25, 0.3) is 5.91 Å². The number of H-pyrrole nitrogens is 1. The van der Waals surface area contributed by atoms with E-state index in [9.17, 15) is 4.79 Å². The van der Waals surface area contributed by atoms with Crippen LogP contribution in [0.15, 0.2) is 0 Å². The first-order valence-electron chi connectivity index (χ1n) is 10.7. The van der Waals surface area contributed by atoms with Crippen molar-refractivity contribution in [1.29, 1.82) is 0 Å². The standard InChI is InChI=1S/C21H32N4O/c1-3-18-14(2)19(23-22-18)20(26)24-4-6-25(7-5-24)21-11-15-8-16(12-21)10-17(9-15)13-21/h15-17H,3-13H2,1-2H3,(H,22,23). The minimum absolute atomic E-state index is 0.114. The summed E-state index contributed by atoms with van der Waals surface area (Å²) >= 11 is 0. The van der Waals surface area contributed by atoms with Crippen LogP contribution in [-0.4, -0.2) is 57.6 Å². The van der Waals surface area contributed by atoms with E-state index in [4.69, 9.17) is 0 Å². The largest absolute Gasteiger partial charge is 0.335 e. The topological polar surface area (TPSA) is 52.2 Å². The fourth-order valence-corrected chi connectivity index (χ4v) is 6.97. The van der Waals surface area contributed by atoms with E-state index in [0.29, 0.717) is 11.2 Å². The average Bonchev–Trinajstić information content (AvgIpc) is 3.01. The van der Waals surface area contributed by atoms with E-state index in [1.807, 2.05) is 11.8 Å². The van der Waals surface area contributed by atoms with Crippen molar-refractivity contribution in [2.75, 3.05) is 26.2 Å². The van der Waals surface area contributed by atoms with Crippen molar-refractivity contribution in [3.63, 3.8) is 0 Å². The van der Waals surface area contributed by atoms with Crippen molar-refractivity contribution >= 4 is 5.91 Å². The summed E-state index contributed by atoms with van der Waals surface area (Å²) in [7, 11) is 0. The summed E-state index contributed by atoms with van der Waals surface area (Å²) in [6, 6.07) is 0. The highest BCUT2D eigenvalue weighted by Gasteiger charge is 2.53. The summed E-state index contributed by atoms with van der Waals surface area (Å²) in [5, 5.41) is 7.34. The Morgan fingerprint density at radius 1 is 1.08 bits per heavy atom. The molecule has 142 valence electrons. The minimum atomic E-state index is 0.114. The molecule has 4 aliphatic carbocycles. The maximum Gasteiger partial charge on any atom is 0.274 e. The van der Waals surface area contributed by atoms with Gasteiger partial charge in [-0.15, -0.1) is 0 Å². The normalized spacial score (nSPS) is 36.7. The Morgan fingerprint density at radius 2 is 1.65 bits per heavy atom. The van der Waals surface area contributed by atoms with Crippen molar-refractivity contribution in [1.82, 2.24) is 20.0 Å². The first kappa shape index (κ1) is 16.8. The molecule has 1 amide bonds. The number of aryl methyl sites for hydroxylation is 1. The van der Waals surface area contributed by atoms with E-state index in [-0.39, 0.29) is 5.91 Å². The summed E-state index contributed by atoms with van der Waals surface area (Å²) in [6.45, 7) is 7.91. The molecule has 1 aromatic heterocycles. The molecule has 26 heavy (non-hydrogen) atoms. The molecule has 5 fully saturated rings. The van der Waals surface area contributed by atoms with Crippen LogP contribution in [0.3, 0.4) is 0 Å². The number of rotatable bonds is 3. The molecule has 5 heteroatoms. The Balaban J connectivity index is 1.26. The summed E-state index contributed by atoms with van der Waals surface area (Å²) < 4.78 is 0. The van der Waals surface area contributed by atoms with Gasteiger partial charge in [-0.2, -0.15) is 5.10 Å². The van der Waals surface area contributed by atoms with Gasteiger partial charge >= 0.3 is 0 Å². The fraction of sp³-hybridized carbons (Fsp3) is 0.810. The van der Waals surface area contributed by atoms with Gasteiger partial charge in [-0.3, -0.25) is 14.8 Å². The zero-order valence-corrected chi connectivity index (χ0v) is 16.3. The number of carbonyl (C=O) groups is 1. The van der Waals surface area contributed by atoms with E-state index >= 15 is 0 Å². The molecule has 4 saturated carbocycles. The second-order valence-electron chi connectivity index (χ2n) is 9.45. The molecule has 0 unspecified atom stereocenters. The smallest absolute Gasteiger partial charge is 0.274 e. The van der Waals surface area contributed by atoms with Gasteiger partial charge in [0.15, 0.2) is 5.69 Å². The van der Waals surface area contributed by atoms with Crippen LogP contribution in [0.4, 0.5) is 0 Å². The second kappa shape index (κ2) is 6.08. The Labute approximate surface area is 156 Å². The van der Waals surface area contributed by atoms with Gasteiger partial charge in [-0.1, -0.05) is 6.92 Å². The minimum Gasteiger partial charge on any atom is -0.335 e. The van der Waals surface area contributed by atoms with Crippen molar-refractivity contribution in [2.45, 2.75) is 64.3 Å². The highest BCUT2D eigenvalue weighted by atomic mass is 16.2. The Kier molecular flexibility index (Phi) is 3.93. The van der Waals surface area contributed by atoms with Crippen LogP contribution < -0.4 is 0 Å². The van der Waals surface area contributed by atoms with Crippen LogP contribution in [0, 0.1) is 24.7 Å². The lowest BCUT2D eigenvalue weighted by Crippen LogP contribution is -2.64. The maximum atomic E-state index is 12.9. The quantitative estimate of drug-likeness (QED) is 0.906. The van der Waals surface area contributed by atoms with Gasteiger partial charge in [-0.05, 0) is 69.6 Å². The molecular weight excluding hydrogens is 324 g/mol. The number of aromatic amines is 1. The van der Waals surface area contributed by atoms with E-state index in [2.05, 4.69) is 22.0 Å². The number of hydrogen-bond donors (Lipinski definition) is 1. The summed E-state index contributed by atoms with van der Waals surface area (Å²) in [5.74, 6) is 3.07. The molecule has 5 nitrogen and oxygen atoms in total. The molecule has 0 atom stereocenters.